The Morgan fingerprint density at radius 1 is 1.19 bits per heavy atom. The minimum absolute atomic E-state index is 0.0937. The van der Waals surface area contributed by atoms with Gasteiger partial charge in [-0.2, -0.15) is 0 Å². The zero-order chi connectivity index (χ0) is 22.6. The lowest BCUT2D eigenvalue weighted by Gasteiger charge is -2.18. The number of hydrogen-bond acceptors (Lipinski definition) is 4. The maximum atomic E-state index is 14.5. The molecule has 0 saturated heterocycles. The van der Waals surface area contributed by atoms with Crippen molar-refractivity contribution in [1.82, 2.24) is 19.5 Å². The summed E-state index contributed by atoms with van der Waals surface area (Å²) in [5.74, 6) is -1.52. The quantitative estimate of drug-likeness (QED) is 0.555. The van der Waals surface area contributed by atoms with E-state index in [4.69, 9.17) is 11.6 Å². The summed E-state index contributed by atoms with van der Waals surface area (Å²) < 4.78 is 30.6. The Kier molecular flexibility index (Phi) is 7.19. The van der Waals surface area contributed by atoms with Crippen LogP contribution in [0.5, 0.6) is 0 Å². The predicted molar refractivity (Wildman–Crippen MR) is 120 cm³/mol. The number of carbonyl (C=O) groups is 1. The Balaban J connectivity index is 1.71. The van der Waals surface area contributed by atoms with Crippen LogP contribution in [0.1, 0.15) is 42.5 Å². The largest absolute Gasteiger partial charge is 0.317 e. The number of nitrogens with zero attached hydrogens (tertiary/aromatic N) is 3. The first-order chi connectivity index (χ1) is 14.6. The van der Waals surface area contributed by atoms with Crippen molar-refractivity contribution in [2.45, 2.75) is 38.6 Å². The highest BCUT2D eigenvalue weighted by Gasteiger charge is 2.20. The third kappa shape index (κ3) is 6.19. The molecule has 1 amide bonds. The molecule has 0 saturated carbocycles. The topological polar surface area (TPSA) is 88.9 Å². The summed E-state index contributed by atoms with van der Waals surface area (Å²) in [6.45, 7) is 6.15. The molecule has 164 valence electrons. The van der Waals surface area contributed by atoms with Gasteiger partial charge in [-0.15, -0.1) is 5.10 Å². The maximum Gasteiger partial charge on any atom is 0.295 e. The lowest BCUT2D eigenvalue weighted by atomic mass is 10.2. The van der Waals surface area contributed by atoms with Crippen molar-refractivity contribution in [2.75, 3.05) is 5.32 Å². The zero-order valence-electron chi connectivity index (χ0n) is 17.4. The molecule has 0 spiro atoms. The highest BCUT2D eigenvalue weighted by atomic mass is 35.5. The van der Waals surface area contributed by atoms with Crippen molar-refractivity contribution in [3.05, 3.63) is 76.6 Å². The van der Waals surface area contributed by atoms with Crippen molar-refractivity contribution in [1.29, 1.82) is 0 Å². The van der Waals surface area contributed by atoms with Crippen LogP contribution in [0, 0.1) is 5.82 Å². The Morgan fingerprint density at radius 2 is 1.90 bits per heavy atom. The Hall–Kier alpha value is -2.62. The predicted octanol–water partition coefficient (Wildman–Crippen LogP) is 3.92. The van der Waals surface area contributed by atoms with E-state index in [9.17, 15) is 13.4 Å². The smallest absolute Gasteiger partial charge is 0.295 e. The molecule has 3 aromatic rings. The molecule has 7 nitrogen and oxygen atoms in total. The van der Waals surface area contributed by atoms with Crippen molar-refractivity contribution in [3.8, 4) is 0 Å². The standard InChI is InChI=1S/C21H23ClFN5O2S/c1-21(2,3)31(30)25-11-15-9-16(22)18(23)17(10-15)26-20(29)19-24-13-28(27-19)12-14-7-5-4-6-8-14/h4-10,13,25H,11-12H2,1-3H3,(H,26,29). The fourth-order valence-corrected chi connectivity index (χ4v) is 3.60. The number of benzene rings is 2. The Morgan fingerprint density at radius 3 is 2.58 bits per heavy atom. The molecule has 0 radical (unpaired) electrons. The van der Waals surface area contributed by atoms with E-state index in [2.05, 4.69) is 20.1 Å². The summed E-state index contributed by atoms with van der Waals surface area (Å²) in [5.41, 5.74) is 1.47. The zero-order valence-corrected chi connectivity index (χ0v) is 18.9. The SMILES string of the molecule is CC(C)(C)S(=O)NCc1cc(Cl)c(F)c(NC(=O)c2ncn(Cc3ccccc3)n2)c1. The molecule has 2 N–H and O–H groups in total. The fraction of sp³-hybridized carbons (Fsp3) is 0.286. The van der Waals surface area contributed by atoms with Crippen LogP contribution in [-0.2, 0) is 24.1 Å². The molecule has 1 aromatic heterocycles. The van der Waals surface area contributed by atoms with Gasteiger partial charge in [0.1, 0.15) is 6.33 Å². The first-order valence-electron chi connectivity index (χ1n) is 9.51. The van der Waals surface area contributed by atoms with Gasteiger partial charge in [0.15, 0.2) is 5.82 Å². The summed E-state index contributed by atoms with van der Waals surface area (Å²) >= 11 is 5.98. The minimum atomic E-state index is -1.31. The molecule has 0 aliphatic rings. The molecule has 10 heteroatoms. The number of amides is 1. The van der Waals surface area contributed by atoms with Gasteiger partial charge in [-0.25, -0.2) is 23.0 Å². The monoisotopic (exact) mass is 463 g/mol. The van der Waals surface area contributed by atoms with Gasteiger partial charge < -0.3 is 5.32 Å². The molecule has 0 aliphatic carbocycles. The van der Waals surface area contributed by atoms with Gasteiger partial charge in [0, 0.05) is 6.54 Å². The number of hydrogen-bond donors (Lipinski definition) is 2. The lowest BCUT2D eigenvalue weighted by Crippen LogP contribution is -2.32. The maximum absolute atomic E-state index is 14.5. The third-order valence-electron chi connectivity index (χ3n) is 4.23. The summed E-state index contributed by atoms with van der Waals surface area (Å²) in [6, 6.07) is 12.5. The van der Waals surface area contributed by atoms with E-state index in [0.29, 0.717) is 12.1 Å². The molecule has 1 heterocycles. The molecule has 0 fully saturated rings. The van der Waals surface area contributed by atoms with Gasteiger partial charge in [-0.1, -0.05) is 41.9 Å². The number of nitrogens with one attached hydrogen (secondary N) is 2. The number of rotatable bonds is 7. The molecule has 1 atom stereocenters. The van der Waals surface area contributed by atoms with Gasteiger partial charge in [-0.05, 0) is 44.0 Å². The van der Waals surface area contributed by atoms with Gasteiger partial charge >= 0.3 is 0 Å². The first-order valence-corrected chi connectivity index (χ1v) is 11.0. The second kappa shape index (κ2) is 9.67. The van der Waals surface area contributed by atoms with Gasteiger partial charge in [-0.3, -0.25) is 4.79 Å². The van der Waals surface area contributed by atoms with Crippen molar-refractivity contribution in [2.24, 2.45) is 0 Å². The van der Waals surface area contributed by atoms with Crippen LogP contribution in [0.4, 0.5) is 10.1 Å². The van der Waals surface area contributed by atoms with Crippen LogP contribution in [0.3, 0.4) is 0 Å². The Bertz CT molecular complexity index is 1100. The molecule has 3 rings (SSSR count). The van der Waals surface area contributed by atoms with E-state index < -0.39 is 27.5 Å². The van der Waals surface area contributed by atoms with Crippen LogP contribution < -0.4 is 10.0 Å². The summed E-state index contributed by atoms with van der Waals surface area (Å²) in [7, 11) is -1.31. The number of aromatic nitrogens is 3. The molecule has 0 aliphatic heterocycles. The molecule has 31 heavy (non-hydrogen) atoms. The van der Waals surface area contributed by atoms with E-state index in [0.717, 1.165) is 5.56 Å². The highest BCUT2D eigenvalue weighted by molar-refractivity contribution is 7.84. The van der Waals surface area contributed by atoms with E-state index in [1.165, 1.54) is 23.1 Å². The van der Waals surface area contributed by atoms with E-state index >= 15 is 0 Å². The van der Waals surface area contributed by atoms with Crippen molar-refractivity contribution < 1.29 is 13.4 Å². The average molecular weight is 464 g/mol. The summed E-state index contributed by atoms with van der Waals surface area (Å²) in [5, 5.41) is 6.46. The number of halogens is 2. The van der Waals surface area contributed by atoms with Gasteiger partial charge in [0.2, 0.25) is 5.82 Å². The van der Waals surface area contributed by atoms with E-state index in [1.807, 2.05) is 51.1 Å². The van der Waals surface area contributed by atoms with Crippen LogP contribution >= 0.6 is 11.6 Å². The van der Waals surface area contributed by atoms with Gasteiger partial charge in [0.25, 0.3) is 5.91 Å². The molecular weight excluding hydrogens is 441 g/mol. The van der Waals surface area contributed by atoms with E-state index in [-0.39, 0.29) is 23.1 Å². The second-order valence-corrected chi connectivity index (χ2v) is 10.3. The van der Waals surface area contributed by atoms with Crippen LogP contribution in [-0.4, -0.2) is 29.6 Å². The van der Waals surface area contributed by atoms with Gasteiger partial charge in [0.05, 0.1) is 33.0 Å². The number of carbonyl (C=O) groups excluding carboxylic acids is 1. The normalized spacial score (nSPS) is 12.5. The molecule has 0 bridgehead atoms. The summed E-state index contributed by atoms with van der Waals surface area (Å²) in [6.07, 6.45) is 1.44. The third-order valence-corrected chi connectivity index (χ3v) is 6.02. The average Bonchev–Trinajstić information content (AvgIpc) is 3.18. The fourth-order valence-electron chi connectivity index (χ4n) is 2.63. The van der Waals surface area contributed by atoms with E-state index in [1.54, 1.807) is 0 Å². The molecule has 1 unspecified atom stereocenters. The minimum Gasteiger partial charge on any atom is -0.317 e. The highest BCUT2D eigenvalue weighted by Crippen LogP contribution is 2.25. The lowest BCUT2D eigenvalue weighted by molar-refractivity contribution is 0.101. The Labute approximate surface area is 187 Å². The van der Waals surface area contributed by atoms with Crippen molar-refractivity contribution in [3.63, 3.8) is 0 Å². The molecule has 2 aromatic carbocycles. The first kappa shape index (κ1) is 23.1. The van der Waals surface area contributed by atoms with Crippen LogP contribution in [0.2, 0.25) is 5.02 Å². The molecular formula is C21H23ClFN5O2S. The van der Waals surface area contributed by atoms with Crippen molar-refractivity contribution >= 4 is 34.2 Å². The van der Waals surface area contributed by atoms with Crippen LogP contribution in [0.15, 0.2) is 48.8 Å². The summed E-state index contributed by atoms with van der Waals surface area (Å²) in [4.78, 5) is 16.5. The van der Waals surface area contributed by atoms with Crippen LogP contribution in [0.25, 0.3) is 0 Å². The number of anilines is 1. The second-order valence-electron chi connectivity index (χ2n) is 7.85.